The molecule has 2 aliphatic heterocycles. The first-order valence-corrected chi connectivity index (χ1v) is 9.47. The van der Waals surface area contributed by atoms with E-state index in [2.05, 4.69) is 28.8 Å². The van der Waals surface area contributed by atoms with Crippen LogP contribution in [0.25, 0.3) is 0 Å². The average molecular weight is 412 g/mol. The minimum absolute atomic E-state index is 0. The van der Waals surface area contributed by atoms with Gasteiger partial charge in [-0.2, -0.15) is 8.78 Å². The standard InChI is InChI=1S/C12H21N3.C9H10F2O.2CH4/c1-3-4-10(2)11(5-13)15-8-12(9-15)6-14-7-12;1-7-3-5-8(6-4-7)12-9(2,10)11;;/h5,13-14H,3-4,6-9H2,1-2H3;3-6H,1-2H3;2*1H4/b11-10+,13-5?;;;. The van der Waals surface area contributed by atoms with Gasteiger partial charge in [-0.3, -0.25) is 0 Å². The van der Waals surface area contributed by atoms with Gasteiger partial charge in [-0.05, 0) is 38.0 Å². The van der Waals surface area contributed by atoms with Crippen LogP contribution in [0.15, 0.2) is 35.5 Å². The average Bonchev–Trinajstić information content (AvgIpc) is 2.50. The Morgan fingerprint density at radius 3 is 2.17 bits per heavy atom. The SMILES string of the molecule is C.C.CCC/C(C)=C(\C=N)N1CC2(CNC2)C1.Cc1ccc(OC(C)(F)F)cc1. The van der Waals surface area contributed by atoms with Crippen molar-refractivity contribution < 1.29 is 13.5 Å². The monoisotopic (exact) mass is 411 g/mol. The van der Waals surface area contributed by atoms with E-state index in [0.29, 0.717) is 12.3 Å². The molecule has 0 aromatic heterocycles. The largest absolute Gasteiger partial charge is 0.433 e. The van der Waals surface area contributed by atoms with Crippen molar-refractivity contribution in [1.82, 2.24) is 10.2 Å². The summed E-state index contributed by atoms with van der Waals surface area (Å²) >= 11 is 0. The van der Waals surface area contributed by atoms with Crippen LogP contribution >= 0.6 is 0 Å². The molecule has 1 spiro atoms. The summed E-state index contributed by atoms with van der Waals surface area (Å²) in [7, 11) is 0. The molecule has 1 aromatic rings. The minimum Gasteiger partial charge on any atom is -0.433 e. The Morgan fingerprint density at radius 2 is 1.79 bits per heavy atom. The third-order valence-corrected chi connectivity index (χ3v) is 4.91. The highest BCUT2D eigenvalue weighted by Gasteiger charge is 2.47. The lowest BCUT2D eigenvalue weighted by atomic mass is 9.74. The Hall–Kier alpha value is -1.95. The number of allylic oxidation sites excluding steroid dienone is 2. The summed E-state index contributed by atoms with van der Waals surface area (Å²) in [6, 6.07) is 6.49. The van der Waals surface area contributed by atoms with Gasteiger partial charge in [0.1, 0.15) is 5.75 Å². The maximum Gasteiger partial charge on any atom is 0.394 e. The van der Waals surface area contributed by atoms with Gasteiger partial charge in [-0.1, -0.05) is 45.9 Å². The van der Waals surface area contributed by atoms with Gasteiger partial charge in [-0.25, -0.2) is 0 Å². The van der Waals surface area contributed by atoms with E-state index in [1.807, 2.05) is 6.92 Å². The molecule has 0 amide bonds. The fraction of sp³-hybridized carbons (Fsp3) is 0.609. The molecule has 2 aliphatic rings. The second kappa shape index (κ2) is 11.3. The van der Waals surface area contributed by atoms with Crippen LogP contribution in [0.5, 0.6) is 5.75 Å². The number of benzene rings is 1. The number of ether oxygens (including phenoxy) is 1. The maximum atomic E-state index is 12.3. The maximum absolute atomic E-state index is 12.3. The van der Waals surface area contributed by atoms with Crippen molar-refractivity contribution in [1.29, 1.82) is 5.41 Å². The molecule has 3 rings (SSSR count). The molecule has 0 aliphatic carbocycles. The molecular formula is C23H39F2N3O. The minimum atomic E-state index is -3.10. The molecule has 166 valence electrons. The highest BCUT2D eigenvalue weighted by Crippen LogP contribution is 2.36. The molecule has 2 fully saturated rings. The van der Waals surface area contributed by atoms with Crippen LogP contribution in [-0.2, 0) is 0 Å². The van der Waals surface area contributed by atoms with Gasteiger partial charge in [0.05, 0.1) is 5.70 Å². The van der Waals surface area contributed by atoms with E-state index in [1.165, 1.54) is 43.4 Å². The summed E-state index contributed by atoms with van der Waals surface area (Å²) in [5.74, 6) is 0.188. The number of likely N-dealkylation sites (tertiary alicyclic amines) is 1. The summed E-state index contributed by atoms with van der Waals surface area (Å²) in [5, 5.41) is 10.8. The van der Waals surface area contributed by atoms with E-state index < -0.39 is 6.11 Å². The lowest BCUT2D eigenvalue weighted by Crippen LogP contribution is -2.70. The first-order chi connectivity index (χ1) is 12.7. The smallest absolute Gasteiger partial charge is 0.394 e. The molecule has 2 saturated heterocycles. The highest BCUT2D eigenvalue weighted by molar-refractivity contribution is 5.76. The Morgan fingerprint density at radius 1 is 1.24 bits per heavy atom. The van der Waals surface area contributed by atoms with Crippen LogP contribution in [0.2, 0.25) is 0 Å². The molecule has 6 heteroatoms. The van der Waals surface area contributed by atoms with Gasteiger partial charge >= 0.3 is 6.11 Å². The summed E-state index contributed by atoms with van der Waals surface area (Å²) in [4.78, 5) is 2.36. The predicted molar refractivity (Wildman–Crippen MR) is 119 cm³/mol. The Labute approximate surface area is 175 Å². The summed E-state index contributed by atoms with van der Waals surface area (Å²) in [6.07, 6.45) is 0.718. The van der Waals surface area contributed by atoms with E-state index in [4.69, 9.17) is 5.41 Å². The third kappa shape index (κ3) is 7.77. The van der Waals surface area contributed by atoms with E-state index in [-0.39, 0.29) is 20.6 Å². The molecule has 29 heavy (non-hydrogen) atoms. The zero-order valence-electron chi connectivity index (χ0n) is 16.7. The molecule has 0 bridgehead atoms. The van der Waals surface area contributed by atoms with Gasteiger partial charge in [0.15, 0.2) is 0 Å². The van der Waals surface area contributed by atoms with Gasteiger partial charge in [0.25, 0.3) is 0 Å². The molecule has 2 heterocycles. The predicted octanol–water partition coefficient (Wildman–Crippen LogP) is 5.87. The molecule has 4 nitrogen and oxygen atoms in total. The summed E-state index contributed by atoms with van der Waals surface area (Å²) < 4.78 is 28.9. The van der Waals surface area contributed by atoms with Crippen LogP contribution in [0.3, 0.4) is 0 Å². The van der Waals surface area contributed by atoms with E-state index >= 15 is 0 Å². The van der Waals surface area contributed by atoms with Crippen LogP contribution in [0, 0.1) is 17.7 Å². The summed E-state index contributed by atoms with van der Waals surface area (Å²) in [6.45, 7) is 11.6. The molecule has 0 saturated carbocycles. The van der Waals surface area contributed by atoms with Crippen LogP contribution in [0.1, 0.15) is 54.0 Å². The van der Waals surface area contributed by atoms with Gasteiger partial charge in [0, 0.05) is 44.7 Å². The molecule has 1 aromatic carbocycles. The topological polar surface area (TPSA) is 48.4 Å². The van der Waals surface area contributed by atoms with Crippen molar-refractivity contribution in [3.63, 3.8) is 0 Å². The number of hydrogen-bond acceptors (Lipinski definition) is 4. The number of hydrogen-bond donors (Lipinski definition) is 2. The highest BCUT2D eigenvalue weighted by atomic mass is 19.3. The van der Waals surface area contributed by atoms with Crippen molar-refractivity contribution >= 4 is 6.21 Å². The molecule has 0 unspecified atom stereocenters. The zero-order valence-corrected chi connectivity index (χ0v) is 16.7. The molecule has 0 atom stereocenters. The van der Waals surface area contributed by atoms with Gasteiger partial charge < -0.3 is 20.4 Å². The van der Waals surface area contributed by atoms with Crippen molar-refractivity contribution in [3.05, 3.63) is 41.1 Å². The van der Waals surface area contributed by atoms with Crippen LogP contribution in [0.4, 0.5) is 8.78 Å². The molecular weight excluding hydrogens is 372 g/mol. The van der Waals surface area contributed by atoms with Crippen molar-refractivity contribution in [2.24, 2.45) is 5.41 Å². The van der Waals surface area contributed by atoms with E-state index in [1.54, 1.807) is 12.1 Å². The lowest BCUT2D eigenvalue weighted by Gasteiger charge is -2.57. The van der Waals surface area contributed by atoms with E-state index in [9.17, 15) is 8.78 Å². The van der Waals surface area contributed by atoms with Crippen LogP contribution in [-0.4, -0.2) is 43.4 Å². The number of nitrogens with zero attached hydrogens (tertiary/aromatic N) is 1. The molecule has 0 radical (unpaired) electrons. The first-order valence-electron chi connectivity index (χ1n) is 9.47. The fourth-order valence-electron chi connectivity index (χ4n) is 3.44. The third-order valence-electron chi connectivity index (χ3n) is 4.91. The second-order valence-corrected chi connectivity index (χ2v) is 7.74. The second-order valence-electron chi connectivity index (χ2n) is 7.74. The number of alkyl halides is 2. The zero-order chi connectivity index (χ0) is 20.1. The van der Waals surface area contributed by atoms with Gasteiger partial charge in [0.2, 0.25) is 0 Å². The van der Waals surface area contributed by atoms with Crippen molar-refractivity contribution in [3.8, 4) is 5.75 Å². The molecule has 2 N–H and O–H groups in total. The number of halogens is 2. The van der Waals surface area contributed by atoms with Crippen LogP contribution < -0.4 is 10.1 Å². The fourth-order valence-corrected chi connectivity index (χ4v) is 3.44. The quantitative estimate of drug-likeness (QED) is 0.575. The first kappa shape index (κ1) is 27.0. The Bertz CT molecular complexity index is 654. The summed E-state index contributed by atoms with van der Waals surface area (Å²) in [5.41, 5.74) is 4.10. The number of aryl methyl sites for hydroxylation is 1. The number of rotatable bonds is 6. The Balaban J connectivity index is 0.000000518. The normalized spacial score (nSPS) is 17.2. The van der Waals surface area contributed by atoms with E-state index in [0.717, 1.165) is 30.8 Å². The van der Waals surface area contributed by atoms with Gasteiger partial charge in [-0.15, -0.1) is 0 Å². The van der Waals surface area contributed by atoms with Crippen molar-refractivity contribution in [2.75, 3.05) is 26.2 Å². The van der Waals surface area contributed by atoms with Crippen molar-refractivity contribution in [2.45, 2.75) is 61.5 Å². The lowest BCUT2D eigenvalue weighted by molar-refractivity contribution is -0.158. The number of nitrogens with one attached hydrogen (secondary N) is 2. The Kier molecular flexibility index (Phi) is 10.5.